The van der Waals surface area contributed by atoms with Crippen LogP contribution in [0.4, 0.5) is 4.79 Å². The van der Waals surface area contributed by atoms with Crippen LogP contribution < -0.4 is 9.47 Å². The molecule has 236 valence electrons. The average Bonchev–Trinajstić information content (AvgIpc) is 3.26. The van der Waals surface area contributed by atoms with Gasteiger partial charge in [-0.1, -0.05) is 40.2 Å². The number of carboxylic acid groups (broad SMARTS) is 1. The first-order valence-electron chi connectivity index (χ1n) is 15.3. The summed E-state index contributed by atoms with van der Waals surface area (Å²) in [6.45, 7) is 15.7. The molecule has 0 unspecified atom stereocenters. The van der Waals surface area contributed by atoms with Gasteiger partial charge in [0.1, 0.15) is 11.8 Å². The average molecular weight is 597 g/mol. The van der Waals surface area contributed by atoms with Crippen molar-refractivity contribution in [2.45, 2.75) is 117 Å². The molecular weight excluding hydrogens is 548 g/mol. The van der Waals surface area contributed by atoms with E-state index in [0.717, 1.165) is 18.4 Å². The SMILES string of the molecule is COc1ccc(C2(C)CCC2)cc1CO[C@H]1[C@H](C(C)(C)C)[C@@H](C(=O)O)N(C(=O)OC(C)C)[C@H]1c1cccnc1OC(C)C. The number of aromatic nitrogens is 1. The minimum atomic E-state index is -1.21. The fraction of sp³-hybridized carbons (Fsp3) is 0.618. The molecule has 43 heavy (non-hydrogen) atoms. The minimum Gasteiger partial charge on any atom is -0.496 e. The van der Waals surface area contributed by atoms with Gasteiger partial charge in [0.15, 0.2) is 0 Å². The van der Waals surface area contributed by atoms with Crippen molar-refractivity contribution in [1.82, 2.24) is 9.88 Å². The van der Waals surface area contributed by atoms with E-state index in [1.54, 1.807) is 33.2 Å². The quantitative estimate of drug-likeness (QED) is 0.315. The van der Waals surface area contributed by atoms with Crippen LogP contribution in [0.2, 0.25) is 0 Å². The Bertz CT molecular complexity index is 1300. The second kappa shape index (κ2) is 12.7. The molecule has 1 aromatic carbocycles. The minimum absolute atomic E-state index is 0.120. The first kappa shape index (κ1) is 32.6. The molecule has 1 saturated carbocycles. The molecule has 1 aliphatic carbocycles. The second-order valence-corrected chi connectivity index (χ2v) is 13.7. The molecule has 0 spiro atoms. The zero-order valence-corrected chi connectivity index (χ0v) is 27.0. The lowest BCUT2D eigenvalue weighted by atomic mass is 9.66. The van der Waals surface area contributed by atoms with Crippen LogP contribution in [-0.2, 0) is 26.3 Å². The van der Waals surface area contributed by atoms with Crippen molar-refractivity contribution < 1.29 is 33.6 Å². The number of hydrogen-bond acceptors (Lipinski definition) is 7. The Kier molecular flexibility index (Phi) is 9.64. The number of aliphatic carboxylic acids is 1. The van der Waals surface area contributed by atoms with Crippen LogP contribution in [0.3, 0.4) is 0 Å². The highest BCUT2D eigenvalue weighted by molar-refractivity contribution is 5.82. The lowest BCUT2D eigenvalue weighted by Gasteiger charge is -2.39. The molecule has 4 atom stereocenters. The summed E-state index contributed by atoms with van der Waals surface area (Å²) in [7, 11) is 1.63. The molecule has 1 saturated heterocycles. The molecule has 1 aromatic heterocycles. The van der Waals surface area contributed by atoms with Crippen LogP contribution in [0, 0.1) is 11.3 Å². The van der Waals surface area contributed by atoms with Crippen molar-refractivity contribution >= 4 is 12.1 Å². The molecule has 2 aromatic rings. The fourth-order valence-corrected chi connectivity index (χ4v) is 6.53. The molecule has 9 nitrogen and oxygen atoms in total. The molecule has 9 heteroatoms. The van der Waals surface area contributed by atoms with Crippen LogP contribution in [-0.4, -0.2) is 58.5 Å². The largest absolute Gasteiger partial charge is 0.496 e. The van der Waals surface area contributed by atoms with Gasteiger partial charge in [-0.05, 0) is 81.2 Å². The van der Waals surface area contributed by atoms with Gasteiger partial charge in [0.2, 0.25) is 5.88 Å². The van der Waals surface area contributed by atoms with Gasteiger partial charge in [0.25, 0.3) is 0 Å². The van der Waals surface area contributed by atoms with E-state index in [4.69, 9.17) is 18.9 Å². The van der Waals surface area contributed by atoms with Crippen LogP contribution in [0.25, 0.3) is 0 Å². The zero-order valence-electron chi connectivity index (χ0n) is 27.0. The number of benzene rings is 1. The van der Waals surface area contributed by atoms with Crippen molar-refractivity contribution in [3.05, 3.63) is 53.2 Å². The number of methoxy groups -OCH3 is 1. The Hall–Kier alpha value is -3.33. The van der Waals surface area contributed by atoms with Crippen molar-refractivity contribution in [1.29, 1.82) is 0 Å². The number of carboxylic acids is 1. The third-order valence-electron chi connectivity index (χ3n) is 8.74. The topological polar surface area (TPSA) is 107 Å². The highest BCUT2D eigenvalue weighted by Crippen LogP contribution is 2.52. The molecule has 1 aliphatic heterocycles. The Morgan fingerprint density at radius 1 is 1.12 bits per heavy atom. The van der Waals surface area contributed by atoms with Gasteiger partial charge in [0.05, 0.1) is 38.1 Å². The fourth-order valence-electron chi connectivity index (χ4n) is 6.53. The number of nitrogens with zero attached hydrogens (tertiary/aromatic N) is 2. The molecule has 2 heterocycles. The Morgan fingerprint density at radius 2 is 1.81 bits per heavy atom. The standard InChI is InChI=1S/C34H48N2O7/c1-20(2)42-30-24(12-10-17-35-30)27-29(26(33(5,6)7)28(31(37)38)36(27)32(39)43-21(3)4)41-19-22-18-23(13-14-25(22)40-9)34(8)15-11-16-34/h10,12-14,17-18,20-21,26-29H,11,15-16,19H2,1-9H3,(H,37,38)/t26-,27+,28+,29+/m1/s1. The van der Waals surface area contributed by atoms with E-state index in [1.165, 1.54) is 16.9 Å². The maximum absolute atomic E-state index is 13.8. The highest BCUT2D eigenvalue weighted by atomic mass is 16.6. The molecule has 1 amide bonds. The maximum Gasteiger partial charge on any atom is 0.411 e. The zero-order chi connectivity index (χ0) is 31.7. The number of likely N-dealkylation sites (tertiary alicyclic amines) is 1. The van der Waals surface area contributed by atoms with Crippen molar-refractivity contribution in [2.75, 3.05) is 7.11 Å². The van der Waals surface area contributed by atoms with Crippen molar-refractivity contribution in [3.63, 3.8) is 0 Å². The summed E-state index contributed by atoms with van der Waals surface area (Å²) in [5, 5.41) is 10.7. The number of carbonyl (C=O) groups is 2. The summed E-state index contributed by atoms with van der Waals surface area (Å²) in [5.74, 6) is -0.691. The van der Waals surface area contributed by atoms with E-state index in [-0.39, 0.29) is 18.1 Å². The van der Waals surface area contributed by atoms with Gasteiger partial charge in [-0.2, -0.15) is 0 Å². The van der Waals surface area contributed by atoms with E-state index in [0.29, 0.717) is 17.2 Å². The van der Waals surface area contributed by atoms with Gasteiger partial charge >= 0.3 is 12.1 Å². The number of hydrogen-bond donors (Lipinski definition) is 1. The first-order valence-corrected chi connectivity index (χ1v) is 15.3. The first-order chi connectivity index (χ1) is 20.2. The van der Waals surface area contributed by atoms with Gasteiger partial charge in [-0.25, -0.2) is 14.6 Å². The monoisotopic (exact) mass is 596 g/mol. The van der Waals surface area contributed by atoms with Gasteiger partial charge < -0.3 is 24.1 Å². The molecular formula is C34H48N2O7. The van der Waals surface area contributed by atoms with Crippen LogP contribution in [0.5, 0.6) is 11.6 Å². The van der Waals surface area contributed by atoms with E-state index < -0.39 is 47.7 Å². The predicted octanol–water partition coefficient (Wildman–Crippen LogP) is 6.92. The Labute approximate surface area is 255 Å². The number of pyridine rings is 1. The van der Waals surface area contributed by atoms with E-state index in [2.05, 4.69) is 24.0 Å². The molecule has 2 fully saturated rings. The Morgan fingerprint density at radius 3 is 2.35 bits per heavy atom. The lowest BCUT2D eigenvalue weighted by molar-refractivity contribution is -0.145. The molecule has 4 rings (SSSR count). The third kappa shape index (κ3) is 6.77. The lowest BCUT2D eigenvalue weighted by Crippen LogP contribution is -2.47. The van der Waals surface area contributed by atoms with E-state index in [9.17, 15) is 14.7 Å². The van der Waals surface area contributed by atoms with Crippen molar-refractivity contribution in [3.8, 4) is 11.6 Å². The summed E-state index contributed by atoms with van der Waals surface area (Å²) in [6.07, 6.45) is 2.99. The summed E-state index contributed by atoms with van der Waals surface area (Å²) >= 11 is 0. The van der Waals surface area contributed by atoms with Crippen molar-refractivity contribution in [2.24, 2.45) is 11.3 Å². The highest BCUT2D eigenvalue weighted by Gasteiger charge is 2.60. The van der Waals surface area contributed by atoms with Gasteiger partial charge in [-0.15, -0.1) is 0 Å². The van der Waals surface area contributed by atoms with Gasteiger partial charge in [0, 0.05) is 23.2 Å². The third-order valence-corrected chi connectivity index (χ3v) is 8.74. The summed E-state index contributed by atoms with van der Waals surface area (Å²) in [6, 6.07) is 7.78. The number of ether oxygens (including phenoxy) is 4. The van der Waals surface area contributed by atoms with Crippen LogP contribution in [0.15, 0.2) is 36.5 Å². The number of amides is 1. The van der Waals surface area contributed by atoms with E-state index >= 15 is 0 Å². The maximum atomic E-state index is 13.8. The number of carbonyl (C=O) groups excluding carboxylic acids is 1. The molecule has 0 radical (unpaired) electrons. The molecule has 2 aliphatic rings. The molecule has 0 bridgehead atoms. The summed E-state index contributed by atoms with van der Waals surface area (Å²) in [5.41, 5.74) is 2.24. The van der Waals surface area contributed by atoms with E-state index in [1.807, 2.05) is 46.8 Å². The number of rotatable bonds is 10. The second-order valence-electron chi connectivity index (χ2n) is 13.7. The smallest absolute Gasteiger partial charge is 0.411 e. The van der Waals surface area contributed by atoms with Crippen LogP contribution in [0.1, 0.15) is 97.4 Å². The Balaban J connectivity index is 1.85. The van der Waals surface area contributed by atoms with Crippen LogP contribution >= 0.6 is 0 Å². The normalized spacial score (nSPS) is 23.3. The summed E-state index contributed by atoms with van der Waals surface area (Å²) in [4.78, 5) is 32.6. The van der Waals surface area contributed by atoms with Gasteiger partial charge in [-0.3, -0.25) is 4.90 Å². The molecule has 1 N–H and O–H groups in total. The summed E-state index contributed by atoms with van der Waals surface area (Å²) < 4.78 is 24.3. The predicted molar refractivity (Wildman–Crippen MR) is 163 cm³/mol.